The van der Waals surface area contributed by atoms with Crippen molar-refractivity contribution in [3.05, 3.63) is 63.3 Å². The lowest BCUT2D eigenvalue weighted by Crippen LogP contribution is -2.44. The first-order chi connectivity index (χ1) is 18.2. The number of nitrogens with zero attached hydrogens (tertiary/aromatic N) is 5. The average molecular weight is 601 g/mol. The summed E-state index contributed by atoms with van der Waals surface area (Å²) in [5, 5.41) is 1.16. The van der Waals surface area contributed by atoms with Crippen molar-refractivity contribution in [2.45, 2.75) is 30.6 Å². The van der Waals surface area contributed by atoms with Gasteiger partial charge in [0.1, 0.15) is 17.7 Å². The number of benzene rings is 1. The van der Waals surface area contributed by atoms with Crippen LogP contribution in [0.5, 0.6) is 5.75 Å². The van der Waals surface area contributed by atoms with Crippen molar-refractivity contribution in [3.63, 3.8) is 0 Å². The molecule has 6 rings (SSSR count). The van der Waals surface area contributed by atoms with Gasteiger partial charge in [-0.3, -0.25) is 18.2 Å². The topological polar surface area (TPSA) is 104 Å². The zero-order valence-electron chi connectivity index (χ0n) is 20.0. The molecule has 3 aromatic rings. The monoisotopic (exact) mass is 599 g/mol. The number of halogens is 3. The Labute approximate surface area is 234 Å². The second-order valence-corrected chi connectivity index (χ2v) is 13.1. The van der Waals surface area contributed by atoms with E-state index in [-0.39, 0.29) is 34.2 Å². The number of thioether (sulfide) groups is 1. The Bertz CT molecular complexity index is 1420. The van der Waals surface area contributed by atoms with Gasteiger partial charge in [-0.25, -0.2) is 14.4 Å². The van der Waals surface area contributed by atoms with E-state index in [0.717, 1.165) is 28.8 Å². The van der Waals surface area contributed by atoms with Gasteiger partial charge in [-0.2, -0.15) is 0 Å². The second-order valence-electron chi connectivity index (χ2n) is 9.17. The summed E-state index contributed by atoms with van der Waals surface area (Å²) in [6.45, 7) is 1.21. The molecule has 5 heterocycles. The summed E-state index contributed by atoms with van der Waals surface area (Å²) >= 11 is 14.0. The van der Waals surface area contributed by atoms with E-state index >= 15 is 4.39 Å². The van der Waals surface area contributed by atoms with Gasteiger partial charge in [0.15, 0.2) is 22.7 Å². The molecule has 0 radical (unpaired) electrons. The molecular formula is C24H24Cl2FN5O4S2. The Kier molecular flexibility index (Phi) is 6.90. The molecule has 9 nitrogen and oxygen atoms in total. The largest absolute Gasteiger partial charge is 0.481 e. The predicted molar refractivity (Wildman–Crippen MR) is 146 cm³/mol. The quantitative estimate of drug-likeness (QED) is 0.383. The molecule has 1 fully saturated rings. The van der Waals surface area contributed by atoms with Crippen LogP contribution in [0.4, 0.5) is 10.2 Å². The molecule has 0 bridgehead atoms. The normalized spacial score (nSPS) is 20.8. The molecule has 1 aromatic carbocycles. The second kappa shape index (κ2) is 10.1. The van der Waals surface area contributed by atoms with Gasteiger partial charge >= 0.3 is 0 Å². The number of hydrogen-bond donors (Lipinski definition) is 2. The fraction of sp³-hybridized carbons (Fsp3) is 0.375. The molecule has 0 aliphatic carbocycles. The molecular weight excluding hydrogens is 576 g/mol. The fourth-order valence-corrected chi connectivity index (χ4v) is 8.05. The molecule has 0 spiro atoms. The van der Waals surface area contributed by atoms with Gasteiger partial charge in [0.2, 0.25) is 0 Å². The Morgan fingerprint density at radius 3 is 2.76 bits per heavy atom. The van der Waals surface area contributed by atoms with Crippen LogP contribution < -0.4 is 9.04 Å². The molecule has 1 unspecified atom stereocenters. The minimum atomic E-state index is -2.91. The van der Waals surface area contributed by atoms with E-state index in [2.05, 4.69) is 9.55 Å². The van der Waals surface area contributed by atoms with E-state index < -0.39 is 22.6 Å². The predicted octanol–water partition coefficient (Wildman–Crippen LogP) is 5.26. The zero-order chi connectivity index (χ0) is 26.6. The van der Waals surface area contributed by atoms with E-state index in [1.54, 1.807) is 40.9 Å². The van der Waals surface area contributed by atoms with Crippen molar-refractivity contribution in [2.24, 2.45) is 0 Å². The first kappa shape index (κ1) is 26.0. The number of anilines is 1. The van der Waals surface area contributed by atoms with Crippen LogP contribution in [0, 0.1) is 5.82 Å². The van der Waals surface area contributed by atoms with Crippen molar-refractivity contribution >= 4 is 57.5 Å². The van der Waals surface area contributed by atoms with Gasteiger partial charge in [0.05, 0.1) is 17.1 Å². The van der Waals surface area contributed by atoms with Crippen LogP contribution in [0.15, 0.2) is 35.5 Å². The number of imidazole rings is 1. The van der Waals surface area contributed by atoms with Crippen LogP contribution in [0.25, 0.3) is 0 Å². The van der Waals surface area contributed by atoms with Crippen LogP contribution in [0.1, 0.15) is 29.4 Å². The van der Waals surface area contributed by atoms with Crippen LogP contribution in [0.3, 0.4) is 0 Å². The summed E-state index contributed by atoms with van der Waals surface area (Å²) in [6, 6.07) is 6.94. The number of ether oxygens (including phenoxy) is 1. The highest BCUT2D eigenvalue weighted by molar-refractivity contribution is 8.25. The number of hydrogen-bond acceptors (Lipinski definition) is 8. The van der Waals surface area contributed by atoms with Gasteiger partial charge in [0, 0.05) is 42.4 Å². The highest BCUT2D eigenvalue weighted by Crippen LogP contribution is 2.50. The smallest absolute Gasteiger partial charge is 0.261 e. The van der Waals surface area contributed by atoms with E-state index in [1.807, 2.05) is 0 Å². The maximum atomic E-state index is 15.2. The highest BCUT2D eigenvalue weighted by atomic mass is 35.5. The minimum Gasteiger partial charge on any atom is -0.481 e. The van der Waals surface area contributed by atoms with Gasteiger partial charge in [0.25, 0.3) is 5.91 Å². The maximum absolute atomic E-state index is 15.2. The summed E-state index contributed by atoms with van der Waals surface area (Å²) in [6.07, 6.45) is 1.19. The average Bonchev–Trinajstić information content (AvgIpc) is 3.56. The summed E-state index contributed by atoms with van der Waals surface area (Å²) in [5.41, 5.74) is 2.03. The van der Waals surface area contributed by atoms with Gasteiger partial charge in [-0.05, 0) is 30.7 Å². The first-order valence-electron chi connectivity index (χ1n) is 12.0. The third kappa shape index (κ3) is 4.61. The zero-order valence-corrected chi connectivity index (χ0v) is 23.2. The van der Waals surface area contributed by atoms with Crippen molar-refractivity contribution in [2.75, 3.05) is 35.5 Å². The molecule has 1 saturated heterocycles. The van der Waals surface area contributed by atoms with Crippen molar-refractivity contribution < 1.29 is 23.0 Å². The summed E-state index contributed by atoms with van der Waals surface area (Å²) in [4.78, 5) is 24.1. The standard InChI is InChI=1S/C24H24Cl2FN5O4S2/c25-14-2-3-15(16(27)12-14)21-22-17(28-24-31(22)9-10-37-24)6-8-30(21)20(33)13-36-18-4-5-19(29-23(18)26)32-7-1-11-38(32,34)35/h2-5,12,21,34-35H,1,6-11,13H2. The lowest BCUT2D eigenvalue weighted by Gasteiger charge is -2.37. The number of carbonyl (C=O) groups is 1. The molecule has 38 heavy (non-hydrogen) atoms. The number of aromatic nitrogens is 3. The van der Waals surface area contributed by atoms with Crippen LogP contribution in [-0.2, 0) is 17.8 Å². The summed E-state index contributed by atoms with van der Waals surface area (Å²) in [5.74, 6) is 0.839. The van der Waals surface area contributed by atoms with Crippen LogP contribution >= 0.6 is 45.7 Å². The number of pyridine rings is 1. The molecule has 2 aromatic heterocycles. The summed E-state index contributed by atoms with van der Waals surface area (Å²) in [7, 11) is -2.91. The van der Waals surface area contributed by atoms with E-state index in [1.165, 1.54) is 10.4 Å². The Morgan fingerprint density at radius 1 is 1.18 bits per heavy atom. The third-order valence-corrected chi connectivity index (χ3v) is 10.2. The van der Waals surface area contributed by atoms with E-state index in [0.29, 0.717) is 37.3 Å². The van der Waals surface area contributed by atoms with Crippen molar-refractivity contribution in [1.82, 2.24) is 19.4 Å². The van der Waals surface area contributed by atoms with Crippen molar-refractivity contribution in [1.29, 1.82) is 0 Å². The molecule has 2 N–H and O–H groups in total. The van der Waals surface area contributed by atoms with Crippen LogP contribution in [-0.4, -0.2) is 65.6 Å². The van der Waals surface area contributed by atoms with E-state index in [9.17, 15) is 13.9 Å². The van der Waals surface area contributed by atoms with Gasteiger partial charge in [-0.1, -0.05) is 41.0 Å². The number of amides is 1. The fourth-order valence-electron chi connectivity index (χ4n) is 5.15. The highest BCUT2D eigenvalue weighted by Gasteiger charge is 2.39. The summed E-state index contributed by atoms with van der Waals surface area (Å²) < 4.78 is 44.9. The lowest BCUT2D eigenvalue weighted by molar-refractivity contribution is -0.135. The van der Waals surface area contributed by atoms with Gasteiger partial charge < -0.3 is 14.2 Å². The Morgan fingerprint density at radius 2 is 2.03 bits per heavy atom. The SMILES string of the molecule is O=C(COc1ccc(N2CCCS2(O)O)nc1Cl)N1CCc2nc3n(c2C1c1ccc(Cl)cc1F)CCS3. The molecule has 0 saturated carbocycles. The maximum Gasteiger partial charge on any atom is 0.261 e. The minimum absolute atomic E-state index is 0.00395. The van der Waals surface area contributed by atoms with E-state index in [4.69, 9.17) is 32.9 Å². The molecule has 202 valence electrons. The molecule has 3 aliphatic heterocycles. The first-order valence-corrected chi connectivity index (χ1v) is 15.4. The van der Waals surface area contributed by atoms with Crippen LogP contribution in [0.2, 0.25) is 10.2 Å². The van der Waals surface area contributed by atoms with Gasteiger partial charge in [-0.15, -0.1) is 10.8 Å². The third-order valence-electron chi connectivity index (χ3n) is 6.87. The molecule has 1 atom stereocenters. The molecule has 1 amide bonds. The number of fused-ring (bicyclic) bond motifs is 3. The number of rotatable bonds is 5. The Balaban J connectivity index is 1.25. The molecule has 3 aliphatic rings. The Hall–Kier alpha value is -2.22. The van der Waals surface area contributed by atoms with Crippen molar-refractivity contribution in [3.8, 4) is 5.75 Å². The number of carbonyl (C=O) groups excluding carboxylic acids is 1. The molecule has 14 heteroatoms. The lowest BCUT2D eigenvalue weighted by atomic mass is 9.94.